The smallest absolute Gasteiger partial charge is 0.231 e. The third-order valence-corrected chi connectivity index (χ3v) is 6.28. The minimum Gasteiger partial charge on any atom is -0.454 e. The van der Waals surface area contributed by atoms with Gasteiger partial charge in [-0.25, -0.2) is 0 Å². The minimum absolute atomic E-state index is 0.0615. The van der Waals surface area contributed by atoms with Crippen LogP contribution in [0, 0.1) is 5.92 Å². The summed E-state index contributed by atoms with van der Waals surface area (Å²) in [5, 5.41) is 12.4. The van der Waals surface area contributed by atoms with Gasteiger partial charge in [-0.2, -0.15) is 0 Å². The Bertz CT molecular complexity index is 838. The number of rotatable bonds is 5. The molecule has 0 spiro atoms. The second-order valence-electron chi connectivity index (χ2n) is 7.16. The van der Waals surface area contributed by atoms with Gasteiger partial charge < -0.3 is 19.4 Å². The molecule has 1 N–H and O–H groups in total. The molecule has 1 aliphatic carbocycles. The zero-order valence-electron chi connectivity index (χ0n) is 15.6. The van der Waals surface area contributed by atoms with Gasteiger partial charge in [0.1, 0.15) is 0 Å². The average Bonchev–Trinajstić information content (AvgIpc) is 3.27. The lowest BCUT2D eigenvalue weighted by atomic mass is 9.86. The summed E-state index contributed by atoms with van der Waals surface area (Å²) in [5.74, 6) is 3.15. The Labute approximate surface area is 162 Å². The summed E-state index contributed by atoms with van der Waals surface area (Å²) in [6.45, 7) is 2.46. The topological polar surface area (TPSA) is 78.3 Å². The second-order valence-corrected chi connectivity index (χ2v) is 8.10. The highest BCUT2D eigenvalue weighted by molar-refractivity contribution is 7.99. The Morgan fingerprint density at radius 3 is 2.93 bits per heavy atom. The van der Waals surface area contributed by atoms with Crippen molar-refractivity contribution in [2.45, 2.75) is 43.8 Å². The monoisotopic (exact) mass is 388 g/mol. The van der Waals surface area contributed by atoms with E-state index in [0.717, 1.165) is 28.7 Å². The quantitative estimate of drug-likeness (QED) is 0.794. The summed E-state index contributed by atoms with van der Waals surface area (Å²) in [6, 6.07) is 6.01. The molecule has 1 saturated carbocycles. The molecule has 0 saturated heterocycles. The first-order valence-electron chi connectivity index (χ1n) is 9.33. The van der Waals surface area contributed by atoms with Crippen molar-refractivity contribution < 1.29 is 14.3 Å². The Morgan fingerprint density at radius 1 is 1.26 bits per heavy atom. The number of fused-ring (bicyclic) bond motifs is 1. The zero-order valence-corrected chi connectivity index (χ0v) is 16.4. The van der Waals surface area contributed by atoms with Crippen molar-refractivity contribution in [2.24, 2.45) is 13.0 Å². The van der Waals surface area contributed by atoms with Gasteiger partial charge >= 0.3 is 0 Å². The first-order valence-corrected chi connectivity index (χ1v) is 10.3. The number of benzene rings is 1. The van der Waals surface area contributed by atoms with Crippen molar-refractivity contribution in [3.63, 3.8) is 0 Å². The van der Waals surface area contributed by atoms with Gasteiger partial charge in [-0.3, -0.25) is 4.79 Å². The predicted octanol–water partition coefficient (Wildman–Crippen LogP) is 3.00. The number of hydrogen-bond acceptors (Lipinski definition) is 6. The van der Waals surface area contributed by atoms with Crippen LogP contribution in [0.25, 0.3) is 11.4 Å². The Kier molecular flexibility index (Phi) is 5.24. The van der Waals surface area contributed by atoms with Crippen molar-refractivity contribution in [3.8, 4) is 22.9 Å². The summed E-state index contributed by atoms with van der Waals surface area (Å²) >= 11 is 1.41. The molecular weight excluding hydrogens is 364 g/mol. The van der Waals surface area contributed by atoms with Crippen molar-refractivity contribution in [2.75, 3.05) is 12.5 Å². The summed E-state index contributed by atoms with van der Waals surface area (Å²) in [7, 11) is 1.91. The lowest BCUT2D eigenvalue weighted by Gasteiger charge is -2.29. The highest BCUT2D eigenvalue weighted by Crippen LogP contribution is 2.35. The third-order valence-electron chi connectivity index (χ3n) is 5.26. The molecule has 2 unspecified atom stereocenters. The van der Waals surface area contributed by atoms with E-state index in [0.29, 0.717) is 23.5 Å². The van der Waals surface area contributed by atoms with Crippen LogP contribution in [-0.4, -0.2) is 39.3 Å². The number of amides is 1. The van der Waals surface area contributed by atoms with Crippen LogP contribution in [0.5, 0.6) is 11.5 Å². The predicted molar refractivity (Wildman–Crippen MR) is 103 cm³/mol. The summed E-state index contributed by atoms with van der Waals surface area (Å²) in [6.07, 6.45) is 4.74. The van der Waals surface area contributed by atoms with Crippen LogP contribution in [0.4, 0.5) is 0 Å². The summed E-state index contributed by atoms with van der Waals surface area (Å²) in [5.41, 5.74) is 0.904. The Hall–Kier alpha value is -2.22. The van der Waals surface area contributed by atoms with Gasteiger partial charge in [0.2, 0.25) is 12.7 Å². The van der Waals surface area contributed by atoms with Gasteiger partial charge in [0.05, 0.1) is 5.75 Å². The molecule has 1 amide bonds. The van der Waals surface area contributed by atoms with Crippen molar-refractivity contribution in [3.05, 3.63) is 18.2 Å². The lowest BCUT2D eigenvalue weighted by Crippen LogP contribution is -2.41. The van der Waals surface area contributed by atoms with E-state index in [1.807, 2.05) is 29.8 Å². The van der Waals surface area contributed by atoms with E-state index in [2.05, 4.69) is 22.4 Å². The van der Waals surface area contributed by atoms with Gasteiger partial charge in [0, 0.05) is 18.7 Å². The Balaban J connectivity index is 1.38. The van der Waals surface area contributed by atoms with Crippen LogP contribution >= 0.6 is 11.8 Å². The van der Waals surface area contributed by atoms with E-state index in [1.165, 1.54) is 31.0 Å². The molecule has 27 heavy (non-hydrogen) atoms. The number of ether oxygens (including phenoxy) is 2. The first kappa shape index (κ1) is 18.2. The number of nitrogens with one attached hydrogen (secondary N) is 1. The maximum Gasteiger partial charge on any atom is 0.231 e. The van der Waals surface area contributed by atoms with Gasteiger partial charge in [0.25, 0.3) is 0 Å². The van der Waals surface area contributed by atoms with E-state index >= 15 is 0 Å². The number of thioether (sulfide) groups is 1. The first-order chi connectivity index (χ1) is 13.1. The molecule has 7 nitrogen and oxygen atoms in total. The Morgan fingerprint density at radius 2 is 2.07 bits per heavy atom. The molecule has 2 heterocycles. The number of aromatic nitrogens is 3. The largest absolute Gasteiger partial charge is 0.454 e. The molecule has 0 radical (unpaired) electrons. The van der Waals surface area contributed by atoms with Crippen LogP contribution in [0.3, 0.4) is 0 Å². The molecule has 2 atom stereocenters. The second kappa shape index (κ2) is 7.80. The molecular formula is C19H24N4O3S. The van der Waals surface area contributed by atoms with Crippen molar-refractivity contribution >= 4 is 17.7 Å². The highest BCUT2D eigenvalue weighted by Gasteiger charge is 2.23. The van der Waals surface area contributed by atoms with Gasteiger partial charge in [-0.15, -0.1) is 10.2 Å². The van der Waals surface area contributed by atoms with E-state index in [1.54, 1.807) is 0 Å². The fourth-order valence-corrected chi connectivity index (χ4v) is 4.36. The van der Waals surface area contributed by atoms with E-state index in [-0.39, 0.29) is 12.7 Å². The molecule has 2 aromatic rings. The van der Waals surface area contributed by atoms with Crippen LogP contribution in [0.15, 0.2) is 23.4 Å². The van der Waals surface area contributed by atoms with Crippen molar-refractivity contribution in [1.82, 2.24) is 20.1 Å². The molecule has 2 aliphatic rings. The molecule has 1 fully saturated rings. The minimum atomic E-state index is 0.0615. The van der Waals surface area contributed by atoms with Crippen LogP contribution in [-0.2, 0) is 11.8 Å². The third kappa shape index (κ3) is 3.90. The number of carbonyl (C=O) groups is 1. The summed E-state index contributed by atoms with van der Waals surface area (Å²) < 4.78 is 12.7. The molecule has 8 heteroatoms. The highest BCUT2D eigenvalue weighted by atomic mass is 32.2. The molecule has 1 aromatic carbocycles. The van der Waals surface area contributed by atoms with Crippen LogP contribution in [0.1, 0.15) is 32.6 Å². The van der Waals surface area contributed by atoms with E-state index < -0.39 is 0 Å². The molecule has 1 aromatic heterocycles. The number of carbonyl (C=O) groups excluding carboxylic acids is 1. The maximum atomic E-state index is 12.3. The van der Waals surface area contributed by atoms with E-state index in [9.17, 15) is 4.79 Å². The normalized spacial score (nSPS) is 21.3. The lowest BCUT2D eigenvalue weighted by molar-refractivity contribution is -0.119. The van der Waals surface area contributed by atoms with Gasteiger partial charge in [-0.05, 0) is 37.0 Å². The van der Waals surface area contributed by atoms with Crippen molar-refractivity contribution in [1.29, 1.82) is 0 Å². The molecule has 0 bridgehead atoms. The van der Waals surface area contributed by atoms with E-state index in [4.69, 9.17) is 9.47 Å². The SMILES string of the molecule is CC1CCCCC1NC(=O)CSc1nnc(-c2ccc3c(c2)OCO3)n1C. The van der Waals surface area contributed by atoms with Crippen LogP contribution < -0.4 is 14.8 Å². The molecule has 4 rings (SSSR count). The van der Waals surface area contributed by atoms with Gasteiger partial charge in [0.15, 0.2) is 22.5 Å². The van der Waals surface area contributed by atoms with Gasteiger partial charge in [-0.1, -0.05) is 31.5 Å². The van der Waals surface area contributed by atoms with Crippen LogP contribution in [0.2, 0.25) is 0 Å². The fourth-order valence-electron chi connectivity index (χ4n) is 3.64. The average molecular weight is 388 g/mol. The molecule has 144 valence electrons. The maximum absolute atomic E-state index is 12.3. The fraction of sp³-hybridized carbons (Fsp3) is 0.526. The summed E-state index contributed by atoms with van der Waals surface area (Å²) in [4.78, 5) is 12.3. The zero-order chi connectivity index (χ0) is 18.8. The standard InChI is InChI=1S/C19H24N4O3S/c1-12-5-3-4-6-14(12)20-17(24)10-27-19-22-21-18(23(19)2)13-7-8-15-16(9-13)26-11-25-15/h7-9,12,14H,3-6,10-11H2,1-2H3,(H,20,24). The number of hydrogen-bond donors (Lipinski definition) is 1. The molecule has 1 aliphatic heterocycles. The number of nitrogens with zero attached hydrogens (tertiary/aromatic N) is 3.